The first-order valence-corrected chi connectivity index (χ1v) is 9.73. The summed E-state index contributed by atoms with van der Waals surface area (Å²) in [6, 6.07) is 0. The highest BCUT2D eigenvalue weighted by Crippen LogP contribution is 2.35. The summed E-state index contributed by atoms with van der Waals surface area (Å²) < 4.78 is 0. The molecule has 6 heteroatoms. The van der Waals surface area contributed by atoms with E-state index in [0.29, 0.717) is 24.8 Å². The minimum atomic E-state index is -0.387. The highest BCUT2D eigenvalue weighted by molar-refractivity contribution is 7.18. The van der Waals surface area contributed by atoms with Crippen LogP contribution in [0.5, 0.6) is 0 Å². The number of rotatable bonds is 6. The molecule has 3 rings (SSSR count). The maximum absolute atomic E-state index is 12.6. The lowest BCUT2D eigenvalue weighted by Crippen LogP contribution is -2.32. The number of aryl methyl sites for hydroxylation is 1. The van der Waals surface area contributed by atoms with Crippen molar-refractivity contribution in [2.45, 2.75) is 59.1 Å². The highest BCUT2D eigenvalue weighted by atomic mass is 32.1. The summed E-state index contributed by atoms with van der Waals surface area (Å²) in [7, 11) is 0. The molecule has 0 aromatic carbocycles. The van der Waals surface area contributed by atoms with E-state index in [0.717, 1.165) is 42.4 Å². The van der Waals surface area contributed by atoms with Gasteiger partial charge in [0, 0.05) is 11.4 Å². The summed E-state index contributed by atoms with van der Waals surface area (Å²) in [5, 5.41) is 10.5. The molecule has 0 saturated carbocycles. The van der Waals surface area contributed by atoms with Crippen molar-refractivity contribution in [2.24, 2.45) is 5.92 Å². The van der Waals surface area contributed by atoms with Crippen molar-refractivity contribution in [2.75, 3.05) is 13.1 Å². The predicted molar refractivity (Wildman–Crippen MR) is 98.7 cm³/mol. The number of aromatic amines is 1. The Morgan fingerprint density at radius 3 is 3.00 bits per heavy atom. The quantitative estimate of drug-likeness (QED) is 0.841. The van der Waals surface area contributed by atoms with E-state index in [1.54, 1.807) is 18.3 Å². The normalized spacial score (nSPS) is 19.0. The maximum Gasteiger partial charge on any atom is 0.259 e. The lowest BCUT2D eigenvalue weighted by Gasteiger charge is -2.22. The Morgan fingerprint density at radius 2 is 2.29 bits per heavy atom. The number of aliphatic hydroxyl groups excluding tert-OH is 1. The average Bonchev–Trinajstić information content (AvgIpc) is 2.84. The van der Waals surface area contributed by atoms with E-state index < -0.39 is 0 Å². The third-order valence-electron chi connectivity index (χ3n) is 4.65. The van der Waals surface area contributed by atoms with E-state index >= 15 is 0 Å². The van der Waals surface area contributed by atoms with Crippen molar-refractivity contribution in [1.29, 1.82) is 0 Å². The fraction of sp³-hybridized carbons (Fsp3) is 0.667. The van der Waals surface area contributed by atoms with Crippen LogP contribution in [0.25, 0.3) is 10.2 Å². The first kappa shape index (κ1) is 17.6. The van der Waals surface area contributed by atoms with Gasteiger partial charge in [0.25, 0.3) is 5.56 Å². The molecule has 0 saturated heterocycles. The molecule has 0 fully saturated rings. The van der Waals surface area contributed by atoms with Gasteiger partial charge in [0.15, 0.2) is 0 Å². The van der Waals surface area contributed by atoms with E-state index in [2.05, 4.69) is 23.7 Å². The summed E-state index contributed by atoms with van der Waals surface area (Å²) in [5.74, 6) is 1.39. The van der Waals surface area contributed by atoms with E-state index in [9.17, 15) is 9.90 Å². The molecule has 0 amide bonds. The molecule has 5 nitrogen and oxygen atoms in total. The number of aromatic nitrogens is 2. The lowest BCUT2D eigenvalue weighted by atomic mass is 9.89. The maximum atomic E-state index is 12.6. The third-order valence-corrected chi connectivity index (χ3v) is 5.80. The van der Waals surface area contributed by atoms with Crippen molar-refractivity contribution < 1.29 is 5.11 Å². The Kier molecular flexibility index (Phi) is 5.37. The molecule has 24 heavy (non-hydrogen) atoms. The number of hydrogen-bond donors (Lipinski definition) is 2. The highest BCUT2D eigenvalue weighted by Gasteiger charge is 2.23. The van der Waals surface area contributed by atoms with Crippen LogP contribution in [0.15, 0.2) is 4.79 Å². The predicted octanol–water partition coefficient (Wildman–Crippen LogP) is 2.70. The van der Waals surface area contributed by atoms with Gasteiger partial charge in [-0.05, 0) is 50.6 Å². The third kappa shape index (κ3) is 3.71. The van der Waals surface area contributed by atoms with Crippen molar-refractivity contribution >= 4 is 21.6 Å². The Hall–Kier alpha value is -1.24. The Balaban J connectivity index is 1.91. The van der Waals surface area contributed by atoms with Crippen LogP contribution in [0, 0.1) is 5.92 Å². The minimum absolute atomic E-state index is 0.00412. The van der Waals surface area contributed by atoms with Crippen LogP contribution in [-0.4, -0.2) is 39.2 Å². The van der Waals surface area contributed by atoms with Gasteiger partial charge in [-0.3, -0.25) is 9.69 Å². The van der Waals surface area contributed by atoms with Crippen molar-refractivity contribution in [3.8, 4) is 0 Å². The SMILES string of the molecule is CCCN(Cc1nc2sc3c(c2c(=O)[nH]1)CCC(C)C3)CC(C)O. The van der Waals surface area contributed by atoms with E-state index in [-0.39, 0.29) is 11.7 Å². The van der Waals surface area contributed by atoms with Crippen molar-refractivity contribution in [1.82, 2.24) is 14.9 Å². The van der Waals surface area contributed by atoms with Gasteiger partial charge in [-0.25, -0.2) is 4.98 Å². The van der Waals surface area contributed by atoms with Crippen molar-refractivity contribution in [3.63, 3.8) is 0 Å². The van der Waals surface area contributed by atoms with Gasteiger partial charge in [-0.2, -0.15) is 0 Å². The second kappa shape index (κ2) is 7.33. The molecular formula is C18H27N3O2S. The molecule has 1 aliphatic carbocycles. The second-order valence-corrected chi connectivity index (χ2v) is 8.21. The fourth-order valence-corrected chi connectivity index (χ4v) is 5.01. The van der Waals surface area contributed by atoms with Crippen LogP contribution in [0.1, 0.15) is 49.9 Å². The molecule has 2 aromatic rings. The van der Waals surface area contributed by atoms with Gasteiger partial charge in [-0.15, -0.1) is 11.3 Å². The van der Waals surface area contributed by atoms with Gasteiger partial charge >= 0.3 is 0 Å². The molecule has 2 aromatic heterocycles. The zero-order valence-corrected chi connectivity index (χ0v) is 15.6. The van der Waals surface area contributed by atoms with Crippen LogP contribution >= 0.6 is 11.3 Å². The standard InChI is InChI=1S/C18H27N3O2S/c1-4-7-21(9-12(3)22)10-15-19-17(23)16-13-6-5-11(2)8-14(13)24-18(16)20-15/h11-12,22H,4-10H2,1-3H3,(H,19,20,23). The molecule has 0 aliphatic heterocycles. The molecule has 132 valence electrons. The first-order valence-electron chi connectivity index (χ1n) is 8.91. The first-order chi connectivity index (χ1) is 11.5. The monoisotopic (exact) mass is 349 g/mol. The molecule has 2 atom stereocenters. The molecular weight excluding hydrogens is 322 g/mol. The number of fused-ring (bicyclic) bond motifs is 3. The van der Waals surface area contributed by atoms with E-state index in [1.807, 2.05) is 0 Å². The molecule has 0 bridgehead atoms. The summed E-state index contributed by atoms with van der Waals surface area (Å²) in [4.78, 5) is 24.7. The Bertz CT molecular complexity index is 765. The number of hydrogen-bond acceptors (Lipinski definition) is 5. The molecule has 2 heterocycles. The topological polar surface area (TPSA) is 69.2 Å². The minimum Gasteiger partial charge on any atom is -0.392 e. The Morgan fingerprint density at radius 1 is 1.50 bits per heavy atom. The van der Waals surface area contributed by atoms with Crippen molar-refractivity contribution in [3.05, 3.63) is 26.6 Å². The van der Waals surface area contributed by atoms with E-state index in [4.69, 9.17) is 4.98 Å². The molecule has 0 radical (unpaired) electrons. The second-order valence-electron chi connectivity index (χ2n) is 7.13. The van der Waals surface area contributed by atoms with Gasteiger partial charge < -0.3 is 10.1 Å². The molecule has 0 spiro atoms. The number of aliphatic hydroxyl groups is 1. The van der Waals surface area contributed by atoms with Gasteiger partial charge in [0.1, 0.15) is 10.7 Å². The molecule has 2 N–H and O–H groups in total. The number of H-pyrrole nitrogens is 1. The Labute approximate surface area is 146 Å². The number of nitrogens with one attached hydrogen (secondary N) is 1. The van der Waals surface area contributed by atoms with Crippen LogP contribution in [-0.2, 0) is 19.4 Å². The van der Waals surface area contributed by atoms with Gasteiger partial charge in [-0.1, -0.05) is 13.8 Å². The van der Waals surface area contributed by atoms with Crippen LogP contribution < -0.4 is 5.56 Å². The summed E-state index contributed by atoms with van der Waals surface area (Å²) in [6.45, 7) is 8.22. The average molecular weight is 350 g/mol. The van der Waals surface area contributed by atoms with Crippen LogP contribution in [0.3, 0.4) is 0 Å². The molecule has 1 aliphatic rings. The van der Waals surface area contributed by atoms with Gasteiger partial charge in [0.05, 0.1) is 18.0 Å². The lowest BCUT2D eigenvalue weighted by molar-refractivity contribution is 0.121. The van der Waals surface area contributed by atoms with Crippen LogP contribution in [0.4, 0.5) is 0 Å². The van der Waals surface area contributed by atoms with Crippen LogP contribution in [0.2, 0.25) is 0 Å². The zero-order valence-electron chi connectivity index (χ0n) is 14.8. The number of thiophene rings is 1. The fourth-order valence-electron chi connectivity index (χ4n) is 3.60. The largest absolute Gasteiger partial charge is 0.392 e. The summed E-state index contributed by atoms with van der Waals surface area (Å²) >= 11 is 1.69. The van der Waals surface area contributed by atoms with Gasteiger partial charge in [0.2, 0.25) is 0 Å². The summed E-state index contributed by atoms with van der Waals surface area (Å²) in [5.41, 5.74) is 1.22. The zero-order chi connectivity index (χ0) is 17.3. The smallest absolute Gasteiger partial charge is 0.259 e. The number of nitrogens with zero attached hydrogens (tertiary/aromatic N) is 2. The van der Waals surface area contributed by atoms with E-state index in [1.165, 1.54) is 10.4 Å². The molecule has 2 unspecified atom stereocenters. The summed E-state index contributed by atoms with van der Waals surface area (Å²) in [6.07, 6.45) is 3.82.